The SMILES string of the molecule is C/N=c1/c2sc3/c(=N/C)n4c5cc(C)sc5nc4c4ccc(c2c34)c2nc3sc(C)cc3n12. The minimum atomic E-state index is 0.961. The maximum atomic E-state index is 5.05. The normalized spacial score (nSPS) is 14.4. The Kier molecular flexibility index (Phi) is 3.25. The molecule has 0 aliphatic rings. The Morgan fingerprint density at radius 1 is 0.697 bits per heavy atom. The van der Waals surface area contributed by atoms with Crippen LogP contribution in [-0.4, -0.2) is 32.9 Å². The fourth-order valence-corrected chi connectivity index (χ4v) is 8.45. The second-order valence-electron chi connectivity index (χ2n) is 8.40. The van der Waals surface area contributed by atoms with Crippen molar-refractivity contribution in [3.63, 3.8) is 0 Å². The predicted molar refractivity (Wildman–Crippen MR) is 140 cm³/mol. The molecule has 160 valence electrons. The van der Waals surface area contributed by atoms with Gasteiger partial charge < -0.3 is 0 Å². The standard InChI is InChI=1S/C24H16N6S3/c1-9-7-13-23(31-9)27-19-11-5-6-12-16-15(11)17(21(25-3)29(13)19)33-18(16)22(26-4)30-14-8-10(2)32-24(14)28-20(12)30/h5-8H,1-4H3/b25-21-,26-22-. The lowest BCUT2D eigenvalue weighted by Gasteiger charge is -2.07. The first-order valence-corrected chi connectivity index (χ1v) is 13.1. The van der Waals surface area contributed by atoms with Crippen molar-refractivity contribution >= 4 is 96.9 Å². The van der Waals surface area contributed by atoms with Gasteiger partial charge in [0.05, 0.1) is 20.4 Å². The number of pyridine rings is 2. The van der Waals surface area contributed by atoms with Crippen molar-refractivity contribution in [1.29, 1.82) is 0 Å². The zero-order valence-corrected chi connectivity index (χ0v) is 20.7. The molecule has 0 N–H and O–H groups in total. The monoisotopic (exact) mass is 484 g/mol. The summed E-state index contributed by atoms with van der Waals surface area (Å²) < 4.78 is 6.82. The third-order valence-electron chi connectivity index (χ3n) is 6.55. The van der Waals surface area contributed by atoms with Crippen molar-refractivity contribution in [2.45, 2.75) is 13.8 Å². The number of fused-ring (bicyclic) bond motifs is 8. The van der Waals surface area contributed by atoms with Crippen LogP contribution in [0, 0.1) is 13.8 Å². The molecule has 0 saturated heterocycles. The van der Waals surface area contributed by atoms with Crippen molar-refractivity contribution in [2.75, 3.05) is 14.1 Å². The summed E-state index contributed by atoms with van der Waals surface area (Å²) in [7, 11) is 3.75. The zero-order chi connectivity index (χ0) is 22.2. The van der Waals surface area contributed by atoms with Crippen LogP contribution in [0.1, 0.15) is 9.75 Å². The summed E-state index contributed by atoms with van der Waals surface area (Å²) in [5.74, 6) is 0. The molecule has 0 bridgehead atoms. The zero-order valence-electron chi connectivity index (χ0n) is 18.2. The van der Waals surface area contributed by atoms with E-state index in [2.05, 4.69) is 46.9 Å². The van der Waals surface area contributed by atoms with Gasteiger partial charge in [0.25, 0.3) is 0 Å². The molecule has 0 unspecified atom stereocenters. The molecule has 7 aromatic heterocycles. The van der Waals surface area contributed by atoms with E-state index in [0.29, 0.717) is 0 Å². The number of thiophene rings is 3. The molecule has 0 fully saturated rings. The summed E-state index contributed by atoms with van der Waals surface area (Å²) in [4.78, 5) is 24.3. The Hall–Kier alpha value is -3.14. The third kappa shape index (κ3) is 2.01. The van der Waals surface area contributed by atoms with Crippen LogP contribution in [0.25, 0.3) is 62.9 Å². The number of hydrogen-bond acceptors (Lipinski definition) is 7. The topological polar surface area (TPSA) is 59.3 Å². The quantitative estimate of drug-likeness (QED) is 0.267. The van der Waals surface area contributed by atoms with Gasteiger partial charge in [-0.25, -0.2) is 9.97 Å². The first kappa shape index (κ1) is 18.3. The van der Waals surface area contributed by atoms with Gasteiger partial charge >= 0.3 is 0 Å². The summed E-state index contributed by atoms with van der Waals surface area (Å²) >= 11 is 5.25. The molecule has 1 aromatic carbocycles. The van der Waals surface area contributed by atoms with Crippen LogP contribution in [0.4, 0.5) is 0 Å². The first-order valence-electron chi connectivity index (χ1n) is 10.6. The highest BCUT2D eigenvalue weighted by molar-refractivity contribution is 7.26. The van der Waals surface area contributed by atoms with E-state index < -0.39 is 0 Å². The van der Waals surface area contributed by atoms with Gasteiger partial charge in [0.15, 0.2) is 11.0 Å². The minimum absolute atomic E-state index is 0.961. The maximum Gasteiger partial charge on any atom is 0.152 e. The molecule has 0 saturated carbocycles. The highest BCUT2D eigenvalue weighted by Crippen LogP contribution is 2.42. The molecule has 0 aliphatic carbocycles. The lowest BCUT2D eigenvalue weighted by Crippen LogP contribution is -2.14. The molecule has 0 atom stereocenters. The lowest BCUT2D eigenvalue weighted by atomic mass is 10.0. The number of rotatable bonds is 0. The molecule has 0 aliphatic heterocycles. The molecule has 8 aromatic rings. The Balaban J connectivity index is 1.74. The van der Waals surface area contributed by atoms with Crippen LogP contribution < -0.4 is 11.0 Å². The Morgan fingerprint density at radius 2 is 1.15 bits per heavy atom. The molecule has 9 heteroatoms. The Bertz CT molecular complexity index is 2080. The van der Waals surface area contributed by atoms with Crippen LogP contribution in [0.3, 0.4) is 0 Å². The van der Waals surface area contributed by atoms with Gasteiger partial charge in [0, 0.05) is 45.4 Å². The predicted octanol–water partition coefficient (Wildman–Crippen LogP) is 5.49. The fraction of sp³-hybridized carbons (Fsp3) is 0.167. The van der Waals surface area contributed by atoms with Crippen LogP contribution in [0.2, 0.25) is 0 Å². The van der Waals surface area contributed by atoms with Gasteiger partial charge in [-0.3, -0.25) is 18.8 Å². The highest BCUT2D eigenvalue weighted by atomic mass is 32.1. The molecule has 8 rings (SSSR count). The van der Waals surface area contributed by atoms with Gasteiger partial charge in [-0.1, -0.05) is 0 Å². The summed E-state index contributed by atoms with van der Waals surface area (Å²) in [5, 5.41) is 4.77. The Morgan fingerprint density at radius 3 is 1.58 bits per heavy atom. The van der Waals surface area contributed by atoms with Gasteiger partial charge in [-0.15, -0.1) is 34.0 Å². The fourth-order valence-electron chi connectivity index (χ4n) is 5.34. The van der Waals surface area contributed by atoms with Crippen LogP contribution >= 0.6 is 34.0 Å². The summed E-state index contributed by atoms with van der Waals surface area (Å²) in [6, 6.07) is 8.86. The second kappa shape index (κ2) is 5.85. The molecule has 0 radical (unpaired) electrons. The van der Waals surface area contributed by atoms with E-state index >= 15 is 0 Å². The van der Waals surface area contributed by atoms with Crippen LogP contribution in [0.5, 0.6) is 0 Å². The third-order valence-corrected chi connectivity index (χ3v) is 9.60. The van der Waals surface area contributed by atoms with Crippen molar-refractivity contribution in [1.82, 2.24) is 18.8 Å². The lowest BCUT2D eigenvalue weighted by molar-refractivity contribution is 1.09. The second-order valence-corrected chi connectivity index (χ2v) is 11.9. The smallest absolute Gasteiger partial charge is 0.152 e. The molecule has 7 heterocycles. The number of aromatic nitrogens is 4. The highest BCUT2D eigenvalue weighted by Gasteiger charge is 2.24. The van der Waals surface area contributed by atoms with E-state index in [0.717, 1.165) is 53.7 Å². The van der Waals surface area contributed by atoms with E-state index in [-0.39, 0.29) is 0 Å². The molecule has 33 heavy (non-hydrogen) atoms. The van der Waals surface area contributed by atoms with Gasteiger partial charge in [-0.05, 0) is 38.1 Å². The van der Waals surface area contributed by atoms with Gasteiger partial charge in [-0.2, -0.15) is 0 Å². The van der Waals surface area contributed by atoms with E-state index in [1.165, 1.54) is 29.9 Å². The van der Waals surface area contributed by atoms with Crippen molar-refractivity contribution < 1.29 is 0 Å². The summed E-state index contributed by atoms with van der Waals surface area (Å²) in [6.07, 6.45) is 0. The van der Waals surface area contributed by atoms with Crippen molar-refractivity contribution in [3.8, 4) is 0 Å². The molecule has 0 amide bonds. The average Bonchev–Trinajstić information content (AvgIpc) is 3.57. The first-order chi connectivity index (χ1) is 16.1. The number of benzene rings is 1. The minimum Gasteiger partial charge on any atom is -0.274 e. The Labute approximate surface area is 198 Å². The largest absolute Gasteiger partial charge is 0.274 e. The average molecular weight is 485 g/mol. The number of nitrogens with zero attached hydrogens (tertiary/aromatic N) is 6. The summed E-state index contributed by atoms with van der Waals surface area (Å²) in [6.45, 7) is 4.26. The summed E-state index contributed by atoms with van der Waals surface area (Å²) in [5.41, 5.74) is 6.13. The molecular weight excluding hydrogens is 469 g/mol. The van der Waals surface area contributed by atoms with E-state index in [4.69, 9.17) is 20.0 Å². The van der Waals surface area contributed by atoms with E-state index in [1.807, 2.05) is 14.1 Å². The van der Waals surface area contributed by atoms with Gasteiger partial charge in [0.1, 0.15) is 21.0 Å². The molecule has 6 nitrogen and oxygen atoms in total. The van der Waals surface area contributed by atoms with Crippen LogP contribution in [-0.2, 0) is 0 Å². The molecular formula is C24H16N6S3. The van der Waals surface area contributed by atoms with Crippen LogP contribution in [0.15, 0.2) is 34.3 Å². The number of hydrogen-bond donors (Lipinski definition) is 0. The van der Waals surface area contributed by atoms with Crippen molar-refractivity contribution in [3.05, 3.63) is 45.0 Å². The van der Waals surface area contributed by atoms with E-state index in [9.17, 15) is 0 Å². The van der Waals surface area contributed by atoms with E-state index in [1.54, 1.807) is 34.0 Å². The maximum absolute atomic E-state index is 5.05. The molecule has 0 spiro atoms. The van der Waals surface area contributed by atoms with Crippen molar-refractivity contribution in [2.24, 2.45) is 9.98 Å². The number of aryl methyl sites for hydroxylation is 2. The number of imidazole rings is 2. The van der Waals surface area contributed by atoms with Gasteiger partial charge in [0.2, 0.25) is 0 Å².